The second-order valence-electron chi connectivity index (χ2n) is 5.98. The number of ether oxygens (including phenoxy) is 1. The lowest BCUT2D eigenvalue weighted by Crippen LogP contribution is -2.30. The maximum Gasteiger partial charge on any atom is 0.573 e. The molecule has 2 aromatic heterocycles. The van der Waals surface area contributed by atoms with E-state index in [1.54, 1.807) is 35.0 Å². The lowest BCUT2D eigenvalue weighted by molar-refractivity contribution is -0.274. The first-order valence-electron chi connectivity index (χ1n) is 7.88. The predicted molar refractivity (Wildman–Crippen MR) is 89.9 cm³/mol. The molecule has 0 atom stereocenters. The summed E-state index contributed by atoms with van der Waals surface area (Å²) in [5.74, 6) is -0.570. The van der Waals surface area contributed by atoms with Gasteiger partial charge in [-0.25, -0.2) is 4.98 Å². The van der Waals surface area contributed by atoms with E-state index in [-0.39, 0.29) is 23.3 Å². The number of rotatable bonds is 4. The van der Waals surface area contributed by atoms with Gasteiger partial charge in [0.25, 0.3) is 5.91 Å². The predicted octanol–water partition coefficient (Wildman–Crippen LogP) is 4.04. The summed E-state index contributed by atoms with van der Waals surface area (Å²) in [5, 5.41) is 2.78. The quantitative estimate of drug-likeness (QED) is 0.761. The van der Waals surface area contributed by atoms with Crippen molar-refractivity contribution in [1.29, 1.82) is 0 Å². The van der Waals surface area contributed by atoms with Crippen LogP contribution in [0, 0.1) is 0 Å². The molecule has 0 radical (unpaired) electrons. The van der Waals surface area contributed by atoms with E-state index < -0.39 is 6.36 Å². The largest absolute Gasteiger partial charge is 0.573 e. The normalized spacial score (nSPS) is 11.8. The number of nitrogens with zero attached hydrogens (tertiary/aromatic N) is 2. The fourth-order valence-electron chi connectivity index (χ4n) is 2.49. The second-order valence-corrected chi connectivity index (χ2v) is 5.98. The second kappa shape index (κ2) is 6.70. The summed E-state index contributed by atoms with van der Waals surface area (Å²) in [6.45, 7) is 3.70. The summed E-state index contributed by atoms with van der Waals surface area (Å²) in [7, 11) is 0. The van der Waals surface area contributed by atoms with Crippen molar-refractivity contribution in [2.75, 3.05) is 0 Å². The van der Waals surface area contributed by atoms with Gasteiger partial charge in [-0.15, -0.1) is 13.2 Å². The van der Waals surface area contributed by atoms with E-state index in [1.807, 2.05) is 13.8 Å². The molecule has 8 heteroatoms. The number of imidazole rings is 1. The summed E-state index contributed by atoms with van der Waals surface area (Å²) in [5.41, 5.74) is 1.45. The van der Waals surface area contributed by atoms with Crippen LogP contribution in [-0.2, 0) is 0 Å². The maximum atomic E-state index is 12.6. The van der Waals surface area contributed by atoms with Gasteiger partial charge >= 0.3 is 6.36 Å². The molecular formula is C18H16F3N3O2. The molecule has 3 aromatic rings. The van der Waals surface area contributed by atoms with Gasteiger partial charge < -0.3 is 14.5 Å². The molecule has 1 aromatic carbocycles. The minimum Gasteiger partial charge on any atom is -0.405 e. The third-order valence-corrected chi connectivity index (χ3v) is 3.52. The van der Waals surface area contributed by atoms with Crippen molar-refractivity contribution in [3.63, 3.8) is 0 Å². The van der Waals surface area contributed by atoms with Crippen LogP contribution in [0.25, 0.3) is 16.9 Å². The molecule has 0 aliphatic rings. The van der Waals surface area contributed by atoms with E-state index in [2.05, 4.69) is 15.0 Å². The number of halogens is 3. The SMILES string of the molecule is CC(C)NC(=O)c1ccc2nc(-c3ccccc3OC(F)(F)F)cn2c1. The van der Waals surface area contributed by atoms with Gasteiger partial charge in [-0.2, -0.15) is 0 Å². The molecule has 0 fully saturated rings. The molecule has 3 rings (SSSR count). The van der Waals surface area contributed by atoms with Crippen molar-refractivity contribution in [1.82, 2.24) is 14.7 Å². The Labute approximate surface area is 147 Å². The van der Waals surface area contributed by atoms with Gasteiger partial charge in [0.2, 0.25) is 0 Å². The number of benzene rings is 1. The standard InChI is InChI=1S/C18H16F3N3O2/c1-11(2)22-17(25)12-7-8-16-23-14(10-24(16)9-12)13-5-3-4-6-15(13)26-18(19,20)21/h3-11H,1-2H3,(H,22,25). The topological polar surface area (TPSA) is 55.6 Å². The van der Waals surface area contributed by atoms with Gasteiger partial charge in [0.05, 0.1) is 11.3 Å². The highest BCUT2D eigenvalue weighted by Crippen LogP contribution is 2.33. The number of para-hydroxylation sites is 1. The van der Waals surface area contributed by atoms with Crippen molar-refractivity contribution in [3.05, 3.63) is 54.4 Å². The number of hydrogen-bond acceptors (Lipinski definition) is 3. The van der Waals surface area contributed by atoms with Gasteiger partial charge in [-0.05, 0) is 38.1 Å². The Hall–Kier alpha value is -3.03. The lowest BCUT2D eigenvalue weighted by atomic mass is 10.1. The van der Waals surface area contributed by atoms with Gasteiger partial charge in [0, 0.05) is 24.0 Å². The molecule has 0 saturated heterocycles. The fourth-order valence-corrected chi connectivity index (χ4v) is 2.49. The summed E-state index contributed by atoms with van der Waals surface area (Å²) < 4.78 is 43.5. The van der Waals surface area contributed by atoms with Crippen molar-refractivity contribution in [2.45, 2.75) is 26.3 Å². The van der Waals surface area contributed by atoms with Crippen molar-refractivity contribution in [3.8, 4) is 17.0 Å². The molecule has 1 N–H and O–H groups in total. The van der Waals surface area contributed by atoms with Crippen LogP contribution >= 0.6 is 0 Å². The Kier molecular flexibility index (Phi) is 4.58. The fraction of sp³-hybridized carbons (Fsp3) is 0.222. The van der Waals surface area contributed by atoms with Gasteiger partial charge in [0.15, 0.2) is 0 Å². The average Bonchev–Trinajstić information content (AvgIpc) is 2.96. The van der Waals surface area contributed by atoms with Crippen LogP contribution in [0.15, 0.2) is 48.8 Å². The average molecular weight is 363 g/mol. The van der Waals surface area contributed by atoms with Gasteiger partial charge in [0.1, 0.15) is 11.4 Å². The number of carbonyl (C=O) groups is 1. The number of carbonyl (C=O) groups excluding carboxylic acids is 1. The minimum absolute atomic E-state index is 0.0112. The number of nitrogens with one attached hydrogen (secondary N) is 1. The van der Waals surface area contributed by atoms with Crippen molar-refractivity contribution in [2.24, 2.45) is 0 Å². The van der Waals surface area contributed by atoms with E-state index in [1.165, 1.54) is 18.2 Å². The molecule has 0 unspecified atom stereocenters. The summed E-state index contributed by atoms with van der Waals surface area (Å²) in [6, 6.07) is 9.01. The molecule has 0 aliphatic carbocycles. The van der Waals surface area contributed by atoms with Crippen LogP contribution in [0.4, 0.5) is 13.2 Å². The first kappa shape index (κ1) is 17.8. The first-order chi connectivity index (χ1) is 12.2. The van der Waals surface area contributed by atoms with Crippen LogP contribution in [0.1, 0.15) is 24.2 Å². The van der Waals surface area contributed by atoms with Crippen LogP contribution in [0.3, 0.4) is 0 Å². The van der Waals surface area contributed by atoms with Crippen LogP contribution in [0.5, 0.6) is 5.75 Å². The van der Waals surface area contributed by atoms with E-state index in [9.17, 15) is 18.0 Å². The van der Waals surface area contributed by atoms with Crippen molar-refractivity contribution < 1.29 is 22.7 Å². The molecule has 1 amide bonds. The smallest absolute Gasteiger partial charge is 0.405 e. The molecule has 136 valence electrons. The maximum absolute atomic E-state index is 12.6. The number of aromatic nitrogens is 2. The number of fused-ring (bicyclic) bond motifs is 1. The molecule has 0 bridgehead atoms. The Morgan fingerprint density at radius 3 is 2.58 bits per heavy atom. The third-order valence-electron chi connectivity index (χ3n) is 3.52. The lowest BCUT2D eigenvalue weighted by Gasteiger charge is -2.11. The van der Waals surface area contributed by atoms with E-state index >= 15 is 0 Å². The Bertz CT molecular complexity index is 948. The number of hydrogen-bond donors (Lipinski definition) is 1. The molecule has 26 heavy (non-hydrogen) atoms. The number of pyridine rings is 1. The number of amides is 1. The third kappa shape index (κ3) is 3.96. The molecule has 5 nitrogen and oxygen atoms in total. The first-order valence-corrected chi connectivity index (χ1v) is 7.88. The van der Waals surface area contributed by atoms with E-state index in [4.69, 9.17) is 0 Å². The van der Waals surface area contributed by atoms with E-state index in [0.29, 0.717) is 16.9 Å². The van der Waals surface area contributed by atoms with Gasteiger partial charge in [-0.1, -0.05) is 12.1 Å². The zero-order valence-electron chi connectivity index (χ0n) is 14.0. The van der Waals surface area contributed by atoms with Crippen molar-refractivity contribution >= 4 is 11.6 Å². The molecule has 0 aliphatic heterocycles. The zero-order chi connectivity index (χ0) is 18.9. The van der Waals surface area contributed by atoms with Crippen LogP contribution in [-0.4, -0.2) is 27.7 Å². The zero-order valence-corrected chi connectivity index (χ0v) is 14.0. The summed E-state index contributed by atoms with van der Waals surface area (Å²) in [6.07, 6.45) is -1.66. The summed E-state index contributed by atoms with van der Waals surface area (Å²) in [4.78, 5) is 16.4. The van der Waals surface area contributed by atoms with E-state index in [0.717, 1.165) is 0 Å². The Balaban J connectivity index is 1.99. The molecular weight excluding hydrogens is 347 g/mol. The van der Waals surface area contributed by atoms with Crippen LogP contribution in [0.2, 0.25) is 0 Å². The van der Waals surface area contributed by atoms with Gasteiger partial charge in [-0.3, -0.25) is 4.79 Å². The summed E-state index contributed by atoms with van der Waals surface area (Å²) >= 11 is 0. The highest BCUT2D eigenvalue weighted by atomic mass is 19.4. The highest BCUT2D eigenvalue weighted by Gasteiger charge is 2.32. The Morgan fingerprint density at radius 2 is 1.88 bits per heavy atom. The molecule has 0 spiro atoms. The monoisotopic (exact) mass is 363 g/mol. The molecule has 0 saturated carbocycles. The van der Waals surface area contributed by atoms with Crippen LogP contribution < -0.4 is 10.1 Å². The minimum atomic E-state index is -4.79. The number of alkyl halides is 3. The highest BCUT2D eigenvalue weighted by molar-refractivity contribution is 5.94. The molecule has 2 heterocycles. The Morgan fingerprint density at radius 1 is 1.15 bits per heavy atom.